The van der Waals surface area contributed by atoms with Crippen molar-refractivity contribution < 1.29 is 4.74 Å². The molecule has 0 saturated heterocycles. The van der Waals surface area contributed by atoms with Gasteiger partial charge >= 0.3 is 0 Å². The Bertz CT molecular complexity index is 753. The molecular weight excluding hydrogens is 297 g/mol. The maximum atomic E-state index is 6.15. The van der Waals surface area contributed by atoms with E-state index in [2.05, 4.69) is 10.1 Å². The van der Waals surface area contributed by atoms with Crippen molar-refractivity contribution in [2.75, 3.05) is 7.11 Å². The van der Waals surface area contributed by atoms with Crippen LogP contribution < -0.4 is 4.74 Å². The van der Waals surface area contributed by atoms with Crippen LogP contribution in [0, 0.1) is 0 Å². The SMILES string of the molecule is COc1ccc(Cn2ncc3cc(Cl)nc(Cl)c32)cc1. The summed E-state index contributed by atoms with van der Waals surface area (Å²) in [6, 6.07) is 9.56. The largest absolute Gasteiger partial charge is 0.497 e. The molecule has 3 rings (SSSR count). The lowest BCUT2D eigenvalue weighted by molar-refractivity contribution is 0.414. The fourth-order valence-electron chi connectivity index (χ4n) is 2.06. The molecule has 0 amide bonds. The summed E-state index contributed by atoms with van der Waals surface area (Å²) in [7, 11) is 1.64. The number of halogens is 2. The predicted octanol–water partition coefficient (Wildman–Crippen LogP) is 3.80. The highest BCUT2D eigenvalue weighted by atomic mass is 35.5. The average molecular weight is 308 g/mol. The number of nitrogens with zero attached hydrogens (tertiary/aromatic N) is 3. The average Bonchev–Trinajstić information content (AvgIpc) is 2.82. The van der Waals surface area contributed by atoms with E-state index in [1.54, 1.807) is 19.4 Å². The first-order valence-corrected chi connectivity index (χ1v) is 6.73. The Labute approximate surface area is 125 Å². The van der Waals surface area contributed by atoms with E-state index < -0.39 is 0 Å². The van der Waals surface area contributed by atoms with E-state index in [1.807, 2.05) is 28.9 Å². The van der Waals surface area contributed by atoms with Gasteiger partial charge in [0.15, 0.2) is 5.15 Å². The van der Waals surface area contributed by atoms with Crippen molar-refractivity contribution in [1.82, 2.24) is 14.8 Å². The number of hydrogen-bond donors (Lipinski definition) is 0. The number of pyridine rings is 1. The van der Waals surface area contributed by atoms with Gasteiger partial charge in [0.05, 0.1) is 19.9 Å². The summed E-state index contributed by atoms with van der Waals surface area (Å²) in [5.41, 5.74) is 1.88. The molecule has 0 fully saturated rings. The molecule has 4 nitrogen and oxygen atoms in total. The van der Waals surface area contributed by atoms with Gasteiger partial charge in [-0.05, 0) is 23.8 Å². The molecule has 20 heavy (non-hydrogen) atoms. The zero-order chi connectivity index (χ0) is 14.1. The van der Waals surface area contributed by atoms with Gasteiger partial charge in [-0.25, -0.2) is 4.98 Å². The van der Waals surface area contributed by atoms with Gasteiger partial charge in [0.2, 0.25) is 0 Å². The standard InChI is InChI=1S/C14H11Cl2N3O/c1-20-11-4-2-9(3-5-11)8-19-13-10(7-17-19)6-12(15)18-14(13)16/h2-7H,8H2,1H3. The molecule has 3 aromatic rings. The molecular formula is C14H11Cl2N3O. The van der Waals surface area contributed by atoms with Crippen molar-refractivity contribution in [3.8, 4) is 5.75 Å². The van der Waals surface area contributed by atoms with Crippen LogP contribution in [0.2, 0.25) is 10.3 Å². The first kappa shape index (κ1) is 13.2. The molecule has 0 aliphatic heterocycles. The van der Waals surface area contributed by atoms with Crippen LogP contribution in [0.4, 0.5) is 0 Å². The summed E-state index contributed by atoms with van der Waals surface area (Å²) in [5.74, 6) is 0.825. The molecule has 2 aromatic heterocycles. The van der Waals surface area contributed by atoms with E-state index in [1.165, 1.54) is 0 Å². The van der Waals surface area contributed by atoms with Crippen molar-refractivity contribution in [3.05, 3.63) is 52.4 Å². The quantitative estimate of drug-likeness (QED) is 0.691. The third-order valence-electron chi connectivity index (χ3n) is 3.03. The lowest BCUT2D eigenvalue weighted by Crippen LogP contribution is -2.02. The molecule has 0 atom stereocenters. The zero-order valence-electron chi connectivity index (χ0n) is 10.7. The highest BCUT2D eigenvalue weighted by Gasteiger charge is 2.10. The minimum atomic E-state index is 0.360. The van der Waals surface area contributed by atoms with E-state index in [-0.39, 0.29) is 0 Å². The smallest absolute Gasteiger partial charge is 0.156 e. The Morgan fingerprint density at radius 3 is 2.65 bits per heavy atom. The van der Waals surface area contributed by atoms with Crippen LogP contribution in [-0.2, 0) is 6.54 Å². The lowest BCUT2D eigenvalue weighted by atomic mass is 10.2. The van der Waals surface area contributed by atoms with Crippen molar-refractivity contribution in [3.63, 3.8) is 0 Å². The fourth-order valence-corrected chi connectivity index (χ4v) is 2.61. The fraction of sp³-hybridized carbons (Fsp3) is 0.143. The third kappa shape index (κ3) is 2.44. The van der Waals surface area contributed by atoms with E-state index in [0.717, 1.165) is 22.2 Å². The second kappa shape index (κ2) is 5.31. The second-order valence-corrected chi connectivity index (χ2v) is 5.07. The summed E-state index contributed by atoms with van der Waals surface area (Å²) < 4.78 is 6.95. The van der Waals surface area contributed by atoms with Crippen LogP contribution in [0.1, 0.15) is 5.56 Å². The highest BCUT2D eigenvalue weighted by molar-refractivity contribution is 6.36. The molecule has 102 valence electrons. The number of hydrogen-bond acceptors (Lipinski definition) is 3. The first-order valence-electron chi connectivity index (χ1n) is 5.98. The summed E-state index contributed by atoms with van der Waals surface area (Å²) in [5, 5.41) is 5.94. The van der Waals surface area contributed by atoms with Gasteiger partial charge in [-0.1, -0.05) is 35.3 Å². The van der Waals surface area contributed by atoms with Crippen molar-refractivity contribution in [2.24, 2.45) is 0 Å². The zero-order valence-corrected chi connectivity index (χ0v) is 12.2. The summed E-state index contributed by atoms with van der Waals surface area (Å²) in [6.45, 7) is 0.608. The second-order valence-electron chi connectivity index (χ2n) is 4.32. The molecule has 0 aliphatic rings. The Morgan fingerprint density at radius 2 is 1.95 bits per heavy atom. The maximum Gasteiger partial charge on any atom is 0.156 e. The Kier molecular flexibility index (Phi) is 3.51. The molecule has 0 bridgehead atoms. The van der Waals surface area contributed by atoms with Crippen LogP contribution in [-0.4, -0.2) is 21.9 Å². The molecule has 0 N–H and O–H groups in total. The molecule has 6 heteroatoms. The van der Waals surface area contributed by atoms with Gasteiger partial charge < -0.3 is 4.74 Å². The molecule has 0 unspecified atom stereocenters. The Hall–Kier alpha value is -1.78. The summed E-state index contributed by atoms with van der Waals surface area (Å²) in [6.07, 6.45) is 1.73. The van der Waals surface area contributed by atoms with Crippen molar-refractivity contribution >= 4 is 34.1 Å². The van der Waals surface area contributed by atoms with Crippen LogP contribution in [0.25, 0.3) is 10.9 Å². The topological polar surface area (TPSA) is 39.9 Å². The van der Waals surface area contributed by atoms with Crippen molar-refractivity contribution in [2.45, 2.75) is 6.54 Å². The van der Waals surface area contributed by atoms with Gasteiger partial charge in [0.1, 0.15) is 16.4 Å². The highest BCUT2D eigenvalue weighted by Crippen LogP contribution is 2.25. The number of fused-ring (bicyclic) bond motifs is 1. The maximum absolute atomic E-state index is 6.15. The van der Waals surface area contributed by atoms with Crippen LogP contribution in [0.3, 0.4) is 0 Å². The number of aromatic nitrogens is 3. The Morgan fingerprint density at radius 1 is 1.20 bits per heavy atom. The Balaban J connectivity index is 1.98. The van der Waals surface area contributed by atoms with Gasteiger partial charge in [-0.15, -0.1) is 0 Å². The van der Waals surface area contributed by atoms with E-state index in [4.69, 9.17) is 27.9 Å². The molecule has 0 spiro atoms. The minimum absolute atomic E-state index is 0.360. The normalized spacial score (nSPS) is 10.9. The van der Waals surface area contributed by atoms with E-state index in [0.29, 0.717) is 16.9 Å². The van der Waals surface area contributed by atoms with Gasteiger partial charge in [0.25, 0.3) is 0 Å². The van der Waals surface area contributed by atoms with E-state index >= 15 is 0 Å². The monoisotopic (exact) mass is 307 g/mol. The molecule has 0 saturated carbocycles. The van der Waals surface area contributed by atoms with Crippen LogP contribution in [0.5, 0.6) is 5.75 Å². The minimum Gasteiger partial charge on any atom is -0.497 e. The first-order chi connectivity index (χ1) is 9.67. The van der Waals surface area contributed by atoms with Gasteiger partial charge in [0, 0.05) is 5.39 Å². The lowest BCUT2D eigenvalue weighted by Gasteiger charge is -2.06. The van der Waals surface area contributed by atoms with Crippen LogP contribution in [0.15, 0.2) is 36.5 Å². The predicted molar refractivity (Wildman–Crippen MR) is 79.6 cm³/mol. The molecule has 0 aliphatic carbocycles. The molecule has 0 radical (unpaired) electrons. The van der Waals surface area contributed by atoms with E-state index in [9.17, 15) is 0 Å². The number of benzene rings is 1. The number of ether oxygens (including phenoxy) is 1. The van der Waals surface area contributed by atoms with Crippen molar-refractivity contribution in [1.29, 1.82) is 0 Å². The third-order valence-corrected chi connectivity index (χ3v) is 3.49. The number of rotatable bonds is 3. The van der Waals surface area contributed by atoms with Crippen LogP contribution >= 0.6 is 23.2 Å². The summed E-state index contributed by atoms with van der Waals surface area (Å²) in [4.78, 5) is 4.05. The molecule has 2 heterocycles. The van der Waals surface area contributed by atoms with Gasteiger partial charge in [-0.3, -0.25) is 4.68 Å². The number of methoxy groups -OCH3 is 1. The van der Waals surface area contributed by atoms with Gasteiger partial charge in [-0.2, -0.15) is 5.10 Å². The molecule has 1 aromatic carbocycles. The summed E-state index contributed by atoms with van der Waals surface area (Å²) >= 11 is 12.0.